The van der Waals surface area contributed by atoms with Crippen molar-refractivity contribution in [2.45, 2.75) is 52.6 Å². The molecule has 3 rings (SSSR count). The predicted octanol–water partition coefficient (Wildman–Crippen LogP) is 5.03. The molecular weight excluding hydrogens is 346 g/mol. The molecule has 1 unspecified atom stereocenters. The van der Waals surface area contributed by atoms with E-state index in [2.05, 4.69) is 59.9 Å². The van der Waals surface area contributed by atoms with Crippen LogP contribution >= 0.6 is 0 Å². The van der Waals surface area contributed by atoms with E-state index in [0.29, 0.717) is 5.56 Å². The number of benzene rings is 2. The summed E-state index contributed by atoms with van der Waals surface area (Å²) in [7, 11) is 0. The molecule has 3 aromatic rings. The van der Waals surface area contributed by atoms with Gasteiger partial charge in [-0.05, 0) is 48.1 Å². The van der Waals surface area contributed by atoms with Crippen molar-refractivity contribution in [2.75, 3.05) is 0 Å². The SMILES string of the molecule is Cc1nccn1Cc1ccc(C(=O)NC(C)c2ccc(C(C)(C)C)cc2)cc1. The summed E-state index contributed by atoms with van der Waals surface area (Å²) in [5, 5.41) is 3.09. The Kier molecular flexibility index (Phi) is 5.68. The number of imidazole rings is 1. The molecule has 146 valence electrons. The number of nitrogens with zero attached hydrogens (tertiary/aromatic N) is 2. The molecule has 0 spiro atoms. The zero-order chi connectivity index (χ0) is 20.3. The molecule has 1 heterocycles. The number of nitrogens with one attached hydrogen (secondary N) is 1. The van der Waals surface area contributed by atoms with Crippen molar-refractivity contribution in [3.63, 3.8) is 0 Å². The van der Waals surface area contributed by atoms with E-state index in [1.165, 1.54) is 5.56 Å². The first-order chi connectivity index (χ1) is 13.2. The lowest BCUT2D eigenvalue weighted by atomic mass is 9.86. The van der Waals surface area contributed by atoms with Gasteiger partial charge in [0.2, 0.25) is 0 Å². The van der Waals surface area contributed by atoms with Gasteiger partial charge in [0.25, 0.3) is 5.91 Å². The maximum Gasteiger partial charge on any atom is 0.251 e. The summed E-state index contributed by atoms with van der Waals surface area (Å²) in [4.78, 5) is 16.8. The molecule has 1 amide bonds. The third-order valence-electron chi connectivity index (χ3n) is 5.12. The van der Waals surface area contributed by atoms with Crippen molar-refractivity contribution in [1.82, 2.24) is 14.9 Å². The first-order valence-corrected chi connectivity index (χ1v) is 9.72. The number of hydrogen-bond donors (Lipinski definition) is 1. The Morgan fingerprint density at radius 1 is 1.07 bits per heavy atom. The number of amides is 1. The van der Waals surface area contributed by atoms with Crippen molar-refractivity contribution in [3.05, 3.63) is 89.0 Å². The van der Waals surface area contributed by atoms with Crippen LogP contribution in [0.2, 0.25) is 0 Å². The average Bonchev–Trinajstić information content (AvgIpc) is 3.06. The van der Waals surface area contributed by atoms with Crippen molar-refractivity contribution in [1.29, 1.82) is 0 Å². The summed E-state index contributed by atoms with van der Waals surface area (Å²) in [5.41, 5.74) is 4.34. The molecule has 1 aromatic heterocycles. The highest BCUT2D eigenvalue weighted by Gasteiger charge is 2.15. The second-order valence-corrected chi connectivity index (χ2v) is 8.37. The van der Waals surface area contributed by atoms with Crippen LogP contribution in [0.3, 0.4) is 0 Å². The monoisotopic (exact) mass is 375 g/mol. The normalized spacial score (nSPS) is 12.6. The van der Waals surface area contributed by atoms with Crippen molar-refractivity contribution in [3.8, 4) is 0 Å². The Balaban J connectivity index is 1.63. The number of aryl methyl sites for hydroxylation is 1. The molecule has 0 fully saturated rings. The zero-order valence-corrected chi connectivity index (χ0v) is 17.4. The molecule has 0 radical (unpaired) electrons. The Morgan fingerprint density at radius 2 is 1.71 bits per heavy atom. The summed E-state index contributed by atoms with van der Waals surface area (Å²) in [6.45, 7) is 11.3. The highest BCUT2D eigenvalue weighted by Crippen LogP contribution is 2.24. The lowest BCUT2D eigenvalue weighted by molar-refractivity contribution is 0.0940. The lowest BCUT2D eigenvalue weighted by Gasteiger charge is -2.20. The van der Waals surface area contributed by atoms with E-state index >= 15 is 0 Å². The summed E-state index contributed by atoms with van der Waals surface area (Å²) in [6.07, 6.45) is 3.76. The van der Waals surface area contributed by atoms with Crippen LogP contribution in [-0.4, -0.2) is 15.5 Å². The van der Waals surface area contributed by atoms with Crippen LogP contribution in [0.5, 0.6) is 0 Å². The first kappa shape index (κ1) is 19.9. The minimum atomic E-state index is -0.0576. The van der Waals surface area contributed by atoms with E-state index in [-0.39, 0.29) is 17.4 Å². The van der Waals surface area contributed by atoms with Gasteiger partial charge in [0.1, 0.15) is 5.82 Å². The molecule has 0 bridgehead atoms. The fourth-order valence-corrected chi connectivity index (χ4v) is 3.16. The van der Waals surface area contributed by atoms with Gasteiger partial charge in [0, 0.05) is 24.5 Å². The predicted molar refractivity (Wildman–Crippen MR) is 114 cm³/mol. The quantitative estimate of drug-likeness (QED) is 0.680. The molecular formula is C24H29N3O. The fourth-order valence-electron chi connectivity index (χ4n) is 3.16. The Morgan fingerprint density at radius 3 is 2.25 bits per heavy atom. The molecule has 28 heavy (non-hydrogen) atoms. The second-order valence-electron chi connectivity index (χ2n) is 8.37. The number of carbonyl (C=O) groups is 1. The Labute approximate surface area is 167 Å². The highest BCUT2D eigenvalue weighted by molar-refractivity contribution is 5.94. The summed E-state index contributed by atoms with van der Waals surface area (Å²) in [5.74, 6) is 0.922. The van der Waals surface area contributed by atoms with Gasteiger partial charge < -0.3 is 9.88 Å². The van der Waals surface area contributed by atoms with Gasteiger partial charge in [0.15, 0.2) is 0 Å². The van der Waals surface area contributed by atoms with Gasteiger partial charge in [-0.15, -0.1) is 0 Å². The van der Waals surface area contributed by atoms with Crippen molar-refractivity contribution in [2.24, 2.45) is 0 Å². The number of hydrogen-bond acceptors (Lipinski definition) is 2. The van der Waals surface area contributed by atoms with Gasteiger partial charge >= 0.3 is 0 Å². The van der Waals surface area contributed by atoms with Crippen LogP contribution in [0.25, 0.3) is 0 Å². The van der Waals surface area contributed by atoms with E-state index in [0.717, 1.165) is 23.5 Å². The van der Waals surface area contributed by atoms with Gasteiger partial charge in [-0.3, -0.25) is 4.79 Å². The Hall–Kier alpha value is -2.88. The molecule has 0 aliphatic rings. The molecule has 0 saturated heterocycles. The van der Waals surface area contributed by atoms with Crippen LogP contribution in [0.1, 0.15) is 66.6 Å². The molecule has 0 saturated carbocycles. The standard InChI is InChI=1S/C24H29N3O/c1-17(20-10-12-22(13-11-20)24(3,4)5)26-23(28)21-8-6-19(7-9-21)16-27-15-14-25-18(27)2/h6-15,17H,16H2,1-5H3,(H,26,28). The summed E-state index contributed by atoms with van der Waals surface area (Å²) in [6, 6.07) is 16.2. The van der Waals surface area contributed by atoms with Crippen LogP contribution in [0, 0.1) is 6.92 Å². The van der Waals surface area contributed by atoms with E-state index in [1.807, 2.05) is 44.3 Å². The largest absolute Gasteiger partial charge is 0.346 e. The molecule has 4 heteroatoms. The van der Waals surface area contributed by atoms with Crippen LogP contribution in [0.4, 0.5) is 0 Å². The first-order valence-electron chi connectivity index (χ1n) is 9.72. The highest BCUT2D eigenvalue weighted by atomic mass is 16.1. The van der Waals surface area contributed by atoms with Gasteiger partial charge in [-0.2, -0.15) is 0 Å². The van der Waals surface area contributed by atoms with Gasteiger partial charge in [-0.25, -0.2) is 4.98 Å². The van der Waals surface area contributed by atoms with E-state index in [1.54, 1.807) is 6.20 Å². The third kappa shape index (κ3) is 4.69. The Bertz CT molecular complexity index is 931. The lowest BCUT2D eigenvalue weighted by Crippen LogP contribution is -2.26. The molecule has 4 nitrogen and oxygen atoms in total. The van der Waals surface area contributed by atoms with E-state index < -0.39 is 0 Å². The number of carbonyl (C=O) groups excluding carboxylic acids is 1. The van der Waals surface area contributed by atoms with Gasteiger partial charge in [0.05, 0.1) is 6.04 Å². The maximum absolute atomic E-state index is 12.6. The summed E-state index contributed by atoms with van der Waals surface area (Å²) >= 11 is 0. The van der Waals surface area contributed by atoms with Crippen LogP contribution < -0.4 is 5.32 Å². The van der Waals surface area contributed by atoms with Gasteiger partial charge in [-0.1, -0.05) is 57.2 Å². The number of rotatable bonds is 5. The van der Waals surface area contributed by atoms with Crippen molar-refractivity contribution >= 4 is 5.91 Å². The van der Waals surface area contributed by atoms with E-state index in [9.17, 15) is 4.79 Å². The second kappa shape index (κ2) is 8.01. The molecule has 2 aromatic carbocycles. The van der Waals surface area contributed by atoms with Crippen molar-refractivity contribution < 1.29 is 4.79 Å². The van der Waals surface area contributed by atoms with Crippen LogP contribution in [-0.2, 0) is 12.0 Å². The minimum Gasteiger partial charge on any atom is -0.346 e. The smallest absolute Gasteiger partial charge is 0.251 e. The average molecular weight is 376 g/mol. The number of aromatic nitrogens is 2. The molecule has 1 atom stereocenters. The molecule has 0 aliphatic heterocycles. The molecule has 0 aliphatic carbocycles. The van der Waals surface area contributed by atoms with E-state index in [4.69, 9.17) is 0 Å². The molecule has 1 N–H and O–H groups in total. The maximum atomic E-state index is 12.6. The fraction of sp³-hybridized carbons (Fsp3) is 0.333. The summed E-state index contributed by atoms with van der Waals surface area (Å²) < 4.78 is 2.08. The third-order valence-corrected chi connectivity index (χ3v) is 5.12. The minimum absolute atomic E-state index is 0.0465. The topological polar surface area (TPSA) is 46.9 Å². The van der Waals surface area contributed by atoms with Crippen LogP contribution in [0.15, 0.2) is 60.9 Å². The zero-order valence-electron chi connectivity index (χ0n) is 17.4.